The molecule has 0 aliphatic carbocycles. The van der Waals surface area contributed by atoms with Crippen LogP contribution in [-0.4, -0.2) is 70.4 Å². The molecule has 2 atom stereocenters. The summed E-state index contributed by atoms with van der Waals surface area (Å²) < 4.78 is 1.49. The number of hydrogen-bond acceptors (Lipinski definition) is 8. The molecule has 0 bridgehead atoms. The van der Waals surface area contributed by atoms with Crippen LogP contribution in [0.25, 0.3) is 28.3 Å². The zero-order valence-corrected chi connectivity index (χ0v) is 19.5. The van der Waals surface area contributed by atoms with Gasteiger partial charge in [-0.3, -0.25) is 14.6 Å². The monoisotopic (exact) mass is 474 g/mol. The third-order valence-electron chi connectivity index (χ3n) is 6.60. The highest BCUT2D eigenvalue weighted by atomic mass is 16.3. The van der Waals surface area contributed by atoms with Crippen LogP contribution in [0, 0.1) is 0 Å². The molecule has 180 valence electrons. The maximum absolute atomic E-state index is 12.6. The van der Waals surface area contributed by atoms with Gasteiger partial charge in [0.2, 0.25) is 5.91 Å². The number of nitrogens with two attached hydrogens (primary N) is 1. The Labute approximate surface area is 201 Å². The first kappa shape index (κ1) is 22.7. The summed E-state index contributed by atoms with van der Waals surface area (Å²) in [5.41, 5.74) is 10.2. The number of Topliss-reactive ketones (excluding diaryl/α,β-unsaturated/α-hetero) is 1. The Morgan fingerprint density at radius 1 is 1.26 bits per heavy atom. The Bertz CT molecular complexity index is 1390. The first-order valence-electron chi connectivity index (χ1n) is 11.4. The van der Waals surface area contributed by atoms with E-state index in [1.54, 1.807) is 29.7 Å². The molecule has 0 spiro atoms. The van der Waals surface area contributed by atoms with Gasteiger partial charge in [0.15, 0.2) is 17.3 Å². The number of carbonyl (C=O) groups is 2. The number of nitrogen functional groups attached to an aromatic ring is 1. The molecule has 1 aliphatic heterocycles. The number of pyridine rings is 1. The van der Waals surface area contributed by atoms with Crippen LogP contribution in [0.3, 0.4) is 0 Å². The molecule has 11 heteroatoms. The third kappa shape index (κ3) is 3.93. The highest BCUT2D eigenvalue weighted by Crippen LogP contribution is 2.36. The van der Waals surface area contributed by atoms with Gasteiger partial charge in [-0.05, 0) is 32.8 Å². The van der Waals surface area contributed by atoms with Crippen LogP contribution in [0.2, 0.25) is 0 Å². The molecule has 4 aromatic rings. The van der Waals surface area contributed by atoms with E-state index in [0.29, 0.717) is 47.8 Å². The Morgan fingerprint density at radius 3 is 2.71 bits per heavy atom. The highest BCUT2D eigenvalue weighted by molar-refractivity contribution is 6.00. The van der Waals surface area contributed by atoms with Crippen LogP contribution in [0.1, 0.15) is 48.7 Å². The van der Waals surface area contributed by atoms with Gasteiger partial charge >= 0.3 is 0 Å². The van der Waals surface area contributed by atoms with Crippen molar-refractivity contribution < 1.29 is 14.7 Å². The Kier molecular flexibility index (Phi) is 5.77. The first-order chi connectivity index (χ1) is 16.9. The predicted octanol–water partition coefficient (Wildman–Crippen LogP) is 2.05. The summed E-state index contributed by atoms with van der Waals surface area (Å²) in [7, 11) is 0. The maximum atomic E-state index is 12.6. The lowest BCUT2D eigenvalue weighted by Crippen LogP contribution is -2.45. The fourth-order valence-corrected chi connectivity index (χ4v) is 4.87. The van der Waals surface area contributed by atoms with Crippen molar-refractivity contribution in [3.05, 3.63) is 48.2 Å². The minimum Gasteiger partial charge on any atom is -0.387 e. The van der Waals surface area contributed by atoms with Crippen molar-refractivity contribution in [1.82, 2.24) is 34.4 Å². The molecule has 4 aromatic heterocycles. The first-order valence-corrected chi connectivity index (χ1v) is 11.4. The van der Waals surface area contributed by atoms with E-state index in [9.17, 15) is 14.7 Å². The number of likely N-dealkylation sites (tertiary alicyclic amines) is 1. The Hall–Kier alpha value is -4.12. The van der Waals surface area contributed by atoms with E-state index in [-0.39, 0.29) is 29.5 Å². The molecule has 4 N–H and O–H groups in total. The highest BCUT2D eigenvalue weighted by Gasteiger charge is 2.33. The fraction of sp³-hybridized carbons (Fsp3) is 0.333. The number of amides is 1. The zero-order chi connectivity index (χ0) is 24.7. The number of carbonyl (C=O) groups excluding carboxylic acids is 2. The van der Waals surface area contributed by atoms with Gasteiger partial charge in [-0.2, -0.15) is 9.61 Å². The smallest absolute Gasteiger partial charge is 0.248 e. The summed E-state index contributed by atoms with van der Waals surface area (Å²) in [6, 6.07) is 3.68. The minimum absolute atomic E-state index is 0.0684. The van der Waals surface area contributed by atoms with Gasteiger partial charge in [0.25, 0.3) is 0 Å². The van der Waals surface area contributed by atoms with Crippen molar-refractivity contribution in [2.75, 3.05) is 18.9 Å². The molecule has 0 radical (unpaired) electrons. The van der Waals surface area contributed by atoms with Crippen molar-refractivity contribution >= 4 is 23.2 Å². The molecular formula is C24H26N8O3. The molecule has 5 rings (SSSR count). The topological polar surface area (TPSA) is 155 Å². The Morgan fingerprint density at radius 2 is 2.09 bits per heavy atom. The van der Waals surface area contributed by atoms with Gasteiger partial charge in [0.05, 0.1) is 17.5 Å². The summed E-state index contributed by atoms with van der Waals surface area (Å²) in [6.07, 6.45) is 8.02. The number of anilines is 1. The SMILES string of the molecule is CC(=O)c1c([C@@H]2CCN(C(=O)CO)[C@@H](C)C2)nc2c(-c3ccc(-c4ncc[nH]4)nc3)cnn2c1N. The number of H-pyrrole nitrogens is 1. The maximum Gasteiger partial charge on any atom is 0.248 e. The largest absolute Gasteiger partial charge is 0.387 e. The number of imidazole rings is 1. The van der Waals surface area contributed by atoms with Crippen LogP contribution < -0.4 is 5.73 Å². The molecule has 0 aromatic carbocycles. The molecular weight excluding hydrogens is 448 g/mol. The van der Waals surface area contributed by atoms with E-state index in [0.717, 1.165) is 11.1 Å². The van der Waals surface area contributed by atoms with Crippen molar-refractivity contribution in [3.8, 4) is 22.6 Å². The molecule has 35 heavy (non-hydrogen) atoms. The van der Waals surface area contributed by atoms with Crippen LogP contribution in [0.5, 0.6) is 0 Å². The average Bonchev–Trinajstić information content (AvgIpc) is 3.54. The van der Waals surface area contributed by atoms with E-state index in [4.69, 9.17) is 10.7 Å². The number of hydrogen-bond donors (Lipinski definition) is 3. The molecule has 1 amide bonds. The second-order valence-corrected chi connectivity index (χ2v) is 8.79. The van der Waals surface area contributed by atoms with Gasteiger partial charge in [-0.1, -0.05) is 6.07 Å². The van der Waals surface area contributed by atoms with Crippen molar-refractivity contribution in [1.29, 1.82) is 0 Å². The van der Waals surface area contributed by atoms with E-state index in [2.05, 4.69) is 20.1 Å². The van der Waals surface area contributed by atoms with E-state index in [1.807, 2.05) is 19.1 Å². The van der Waals surface area contributed by atoms with Gasteiger partial charge < -0.3 is 20.7 Å². The van der Waals surface area contributed by atoms with Crippen LogP contribution in [0.15, 0.2) is 36.9 Å². The van der Waals surface area contributed by atoms with Gasteiger partial charge in [-0.25, -0.2) is 9.97 Å². The molecule has 1 aliphatic rings. The predicted molar refractivity (Wildman–Crippen MR) is 128 cm³/mol. The molecule has 0 saturated carbocycles. The normalized spacial score (nSPS) is 18.2. The number of aliphatic hydroxyl groups excluding tert-OH is 1. The summed E-state index contributed by atoms with van der Waals surface area (Å²) in [4.78, 5) is 43.0. The average molecular weight is 475 g/mol. The molecule has 1 fully saturated rings. The van der Waals surface area contributed by atoms with Crippen molar-refractivity contribution in [2.45, 2.75) is 38.6 Å². The Balaban J connectivity index is 1.56. The van der Waals surface area contributed by atoms with Gasteiger partial charge in [0.1, 0.15) is 18.1 Å². The number of aliphatic hydroxyl groups is 1. The minimum atomic E-state index is -0.517. The van der Waals surface area contributed by atoms with Crippen LogP contribution in [0.4, 0.5) is 5.82 Å². The van der Waals surface area contributed by atoms with Gasteiger partial charge in [0, 0.05) is 48.2 Å². The lowest BCUT2D eigenvalue weighted by Gasteiger charge is -2.37. The number of piperidine rings is 1. The third-order valence-corrected chi connectivity index (χ3v) is 6.60. The van der Waals surface area contributed by atoms with Crippen molar-refractivity contribution in [2.24, 2.45) is 0 Å². The fourth-order valence-electron chi connectivity index (χ4n) is 4.87. The van der Waals surface area contributed by atoms with E-state index < -0.39 is 6.61 Å². The zero-order valence-electron chi connectivity index (χ0n) is 19.5. The summed E-state index contributed by atoms with van der Waals surface area (Å²) in [5.74, 6) is 0.364. The molecule has 0 unspecified atom stereocenters. The standard InChI is InChI=1S/C24H26N8O3/c1-13-9-15(5-8-31(13)19(35)12-33)21-20(14(2)34)22(25)32-24(30-21)17(11-29-32)16-3-4-18(28-10-16)23-26-6-7-27-23/h3-4,6-7,10-11,13,15,33H,5,8-9,12,25H2,1-2H3,(H,26,27)/t13-,15+/m0/s1. The summed E-state index contributed by atoms with van der Waals surface area (Å²) in [6.45, 7) is 3.36. The summed E-state index contributed by atoms with van der Waals surface area (Å²) >= 11 is 0. The van der Waals surface area contributed by atoms with Crippen molar-refractivity contribution in [3.63, 3.8) is 0 Å². The van der Waals surface area contributed by atoms with Crippen LogP contribution in [-0.2, 0) is 4.79 Å². The number of rotatable bonds is 5. The molecule has 5 heterocycles. The summed E-state index contributed by atoms with van der Waals surface area (Å²) in [5, 5.41) is 13.7. The second kappa shape index (κ2) is 8.91. The van der Waals surface area contributed by atoms with E-state index >= 15 is 0 Å². The number of nitrogens with one attached hydrogen (secondary N) is 1. The molecule has 11 nitrogen and oxygen atoms in total. The lowest BCUT2D eigenvalue weighted by atomic mass is 9.86. The van der Waals surface area contributed by atoms with E-state index in [1.165, 1.54) is 11.4 Å². The molecule has 1 saturated heterocycles. The second-order valence-electron chi connectivity index (χ2n) is 8.79. The number of fused-ring (bicyclic) bond motifs is 1. The van der Waals surface area contributed by atoms with Crippen LogP contribution >= 0.6 is 0 Å². The quantitative estimate of drug-likeness (QED) is 0.371. The van der Waals surface area contributed by atoms with Gasteiger partial charge in [-0.15, -0.1) is 0 Å². The lowest BCUT2D eigenvalue weighted by molar-refractivity contribution is -0.137. The number of nitrogens with zero attached hydrogens (tertiary/aromatic N) is 6. The number of ketones is 1. The number of aromatic amines is 1. The number of aromatic nitrogens is 6.